The molecule has 1 aromatic rings. The lowest BCUT2D eigenvalue weighted by molar-refractivity contribution is -0.137. The molecule has 1 rings (SSSR count). The van der Waals surface area contributed by atoms with Crippen molar-refractivity contribution in [3.05, 3.63) is 28.6 Å². The van der Waals surface area contributed by atoms with Gasteiger partial charge in [-0.15, -0.1) is 0 Å². The number of aromatic nitrogens is 1. The number of pyridine rings is 1. The van der Waals surface area contributed by atoms with E-state index in [2.05, 4.69) is 4.98 Å². The topological polar surface area (TPSA) is 36.7 Å². The molecule has 0 N–H and O–H groups in total. The molecule has 0 radical (unpaired) electrons. The standard InChI is InChI=1S/C11H11F3N2/c1-3-4-10-8(6-15)9(11(12,13)14)5-7(2)16-10/h5H,3-4H2,1-2H3. The van der Waals surface area contributed by atoms with E-state index in [-0.39, 0.29) is 17.0 Å². The second-order valence-corrected chi connectivity index (χ2v) is 3.49. The van der Waals surface area contributed by atoms with Gasteiger partial charge < -0.3 is 0 Å². The van der Waals surface area contributed by atoms with Crippen LogP contribution in [0.3, 0.4) is 0 Å². The van der Waals surface area contributed by atoms with Gasteiger partial charge in [-0.1, -0.05) is 13.3 Å². The van der Waals surface area contributed by atoms with Crippen molar-refractivity contribution >= 4 is 0 Å². The van der Waals surface area contributed by atoms with Crippen molar-refractivity contribution in [1.82, 2.24) is 4.98 Å². The minimum atomic E-state index is -4.50. The Morgan fingerprint density at radius 1 is 1.44 bits per heavy atom. The number of aryl methyl sites for hydroxylation is 2. The number of alkyl halides is 3. The third-order valence-corrected chi connectivity index (χ3v) is 2.13. The van der Waals surface area contributed by atoms with E-state index in [4.69, 9.17) is 5.26 Å². The van der Waals surface area contributed by atoms with Gasteiger partial charge in [0.25, 0.3) is 0 Å². The maximum atomic E-state index is 12.7. The Balaban J connectivity index is 3.44. The lowest BCUT2D eigenvalue weighted by atomic mass is 10.0. The second-order valence-electron chi connectivity index (χ2n) is 3.49. The van der Waals surface area contributed by atoms with Gasteiger partial charge in [0, 0.05) is 5.69 Å². The van der Waals surface area contributed by atoms with E-state index in [1.54, 1.807) is 6.07 Å². The van der Waals surface area contributed by atoms with E-state index in [0.29, 0.717) is 12.8 Å². The molecule has 5 heteroatoms. The van der Waals surface area contributed by atoms with E-state index >= 15 is 0 Å². The molecule has 0 spiro atoms. The lowest BCUT2D eigenvalue weighted by Gasteiger charge is -2.12. The maximum Gasteiger partial charge on any atom is 0.417 e. The summed E-state index contributed by atoms with van der Waals surface area (Å²) in [4.78, 5) is 3.99. The first-order valence-corrected chi connectivity index (χ1v) is 4.88. The Labute approximate surface area is 91.7 Å². The molecule has 0 aliphatic rings. The highest BCUT2D eigenvalue weighted by molar-refractivity contribution is 5.43. The molecule has 0 unspecified atom stereocenters. The van der Waals surface area contributed by atoms with Crippen molar-refractivity contribution in [1.29, 1.82) is 5.26 Å². The minimum absolute atomic E-state index is 0.234. The van der Waals surface area contributed by atoms with E-state index in [1.807, 2.05) is 6.92 Å². The Morgan fingerprint density at radius 2 is 2.06 bits per heavy atom. The quantitative estimate of drug-likeness (QED) is 0.779. The van der Waals surface area contributed by atoms with Crippen LogP contribution in [0.2, 0.25) is 0 Å². The molecule has 2 nitrogen and oxygen atoms in total. The smallest absolute Gasteiger partial charge is 0.257 e. The maximum absolute atomic E-state index is 12.7. The first-order valence-electron chi connectivity index (χ1n) is 4.88. The predicted molar refractivity (Wildman–Crippen MR) is 52.7 cm³/mol. The van der Waals surface area contributed by atoms with E-state index in [1.165, 1.54) is 6.92 Å². The molecule has 0 amide bonds. The van der Waals surface area contributed by atoms with Gasteiger partial charge in [0.2, 0.25) is 0 Å². The fraction of sp³-hybridized carbons (Fsp3) is 0.455. The van der Waals surface area contributed by atoms with Crippen LogP contribution in [-0.2, 0) is 12.6 Å². The van der Waals surface area contributed by atoms with Crippen LogP contribution in [0.5, 0.6) is 0 Å². The van der Waals surface area contributed by atoms with Crippen molar-refractivity contribution in [2.75, 3.05) is 0 Å². The molecule has 86 valence electrons. The summed E-state index contributed by atoms with van der Waals surface area (Å²) in [6, 6.07) is 2.51. The molecule has 1 heterocycles. The van der Waals surface area contributed by atoms with Gasteiger partial charge in [0.15, 0.2) is 0 Å². The summed E-state index contributed by atoms with van der Waals surface area (Å²) in [5, 5.41) is 8.79. The number of hydrogen-bond acceptors (Lipinski definition) is 2. The average molecular weight is 228 g/mol. The van der Waals surface area contributed by atoms with Crippen molar-refractivity contribution in [2.24, 2.45) is 0 Å². The molecular weight excluding hydrogens is 217 g/mol. The monoisotopic (exact) mass is 228 g/mol. The largest absolute Gasteiger partial charge is 0.417 e. The van der Waals surface area contributed by atoms with E-state index < -0.39 is 11.7 Å². The van der Waals surface area contributed by atoms with Crippen LogP contribution in [0.1, 0.15) is 35.9 Å². The minimum Gasteiger partial charge on any atom is -0.257 e. The van der Waals surface area contributed by atoms with Crippen molar-refractivity contribution in [3.63, 3.8) is 0 Å². The summed E-state index contributed by atoms with van der Waals surface area (Å²) in [7, 11) is 0. The van der Waals surface area contributed by atoms with Crippen molar-refractivity contribution < 1.29 is 13.2 Å². The summed E-state index contributed by atoms with van der Waals surface area (Å²) in [5.41, 5.74) is -0.710. The Hall–Kier alpha value is -1.57. The number of halogens is 3. The molecular formula is C11H11F3N2. The fourth-order valence-corrected chi connectivity index (χ4v) is 1.50. The van der Waals surface area contributed by atoms with Gasteiger partial charge in [-0.25, -0.2) is 0 Å². The number of rotatable bonds is 2. The fourth-order valence-electron chi connectivity index (χ4n) is 1.50. The number of nitriles is 1. The van der Waals surface area contributed by atoms with Crippen molar-refractivity contribution in [3.8, 4) is 6.07 Å². The van der Waals surface area contributed by atoms with Gasteiger partial charge in [0.05, 0.1) is 16.8 Å². The molecule has 0 saturated heterocycles. The Morgan fingerprint density at radius 3 is 2.50 bits per heavy atom. The molecule has 0 bridgehead atoms. The van der Waals surface area contributed by atoms with Gasteiger partial charge in [-0.3, -0.25) is 4.98 Å². The molecule has 0 aliphatic carbocycles. The van der Waals surface area contributed by atoms with Crippen LogP contribution in [0, 0.1) is 18.3 Å². The lowest BCUT2D eigenvalue weighted by Crippen LogP contribution is -2.12. The molecule has 1 aromatic heterocycles. The highest BCUT2D eigenvalue weighted by Gasteiger charge is 2.35. The summed E-state index contributed by atoms with van der Waals surface area (Å²) in [6.45, 7) is 3.33. The van der Waals surface area contributed by atoms with Crippen LogP contribution in [0.4, 0.5) is 13.2 Å². The molecule has 0 aromatic carbocycles. The Kier molecular flexibility index (Phi) is 3.53. The van der Waals surface area contributed by atoms with Gasteiger partial charge in [-0.2, -0.15) is 18.4 Å². The van der Waals surface area contributed by atoms with Crippen LogP contribution < -0.4 is 0 Å². The number of nitrogens with zero attached hydrogens (tertiary/aromatic N) is 2. The van der Waals surface area contributed by atoms with Gasteiger partial charge in [0.1, 0.15) is 6.07 Å². The average Bonchev–Trinajstić information content (AvgIpc) is 2.16. The summed E-state index contributed by atoms with van der Waals surface area (Å²) >= 11 is 0. The normalized spacial score (nSPS) is 11.2. The van der Waals surface area contributed by atoms with Crippen LogP contribution in [0.15, 0.2) is 6.07 Å². The highest BCUT2D eigenvalue weighted by Crippen LogP contribution is 2.33. The SMILES string of the molecule is CCCc1nc(C)cc(C(F)(F)F)c1C#N. The van der Waals surface area contributed by atoms with E-state index in [0.717, 1.165) is 6.07 Å². The van der Waals surface area contributed by atoms with Crippen molar-refractivity contribution in [2.45, 2.75) is 32.9 Å². The molecule has 0 aliphatic heterocycles. The number of hydrogen-bond donors (Lipinski definition) is 0. The third-order valence-electron chi connectivity index (χ3n) is 2.13. The second kappa shape index (κ2) is 4.52. The molecule has 16 heavy (non-hydrogen) atoms. The first-order chi connectivity index (χ1) is 7.40. The van der Waals surface area contributed by atoms with Crippen LogP contribution in [0.25, 0.3) is 0 Å². The predicted octanol–water partition coefficient (Wildman–Crippen LogP) is 3.23. The van der Waals surface area contributed by atoms with Crippen LogP contribution >= 0.6 is 0 Å². The highest BCUT2D eigenvalue weighted by atomic mass is 19.4. The zero-order chi connectivity index (χ0) is 12.3. The molecule has 0 atom stereocenters. The third kappa shape index (κ3) is 2.51. The van der Waals surface area contributed by atoms with Gasteiger partial charge in [-0.05, 0) is 19.4 Å². The zero-order valence-electron chi connectivity index (χ0n) is 9.02. The van der Waals surface area contributed by atoms with E-state index in [9.17, 15) is 13.2 Å². The first kappa shape index (κ1) is 12.5. The molecule has 0 saturated carbocycles. The summed E-state index contributed by atoms with van der Waals surface area (Å²) in [5.74, 6) is 0. The zero-order valence-corrected chi connectivity index (χ0v) is 9.02. The molecule has 0 fully saturated rings. The Bertz CT molecular complexity index is 430. The summed E-state index contributed by atoms with van der Waals surface area (Å²) in [6.07, 6.45) is -3.46. The van der Waals surface area contributed by atoms with Crippen LogP contribution in [-0.4, -0.2) is 4.98 Å². The summed E-state index contributed by atoms with van der Waals surface area (Å²) < 4.78 is 38.0. The van der Waals surface area contributed by atoms with Gasteiger partial charge >= 0.3 is 6.18 Å².